The van der Waals surface area contributed by atoms with Gasteiger partial charge >= 0.3 is 23.3 Å². The monoisotopic (exact) mass is 438 g/mol. The van der Waals surface area contributed by atoms with Gasteiger partial charge in [-0.1, -0.05) is 70.4 Å². The summed E-state index contributed by atoms with van der Waals surface area (Å²) in [5.74, 6) is -1.51. The third-order valence-electron chi connectivity index (χ3n) is 4.34. The normalized spacial score (nSPS) is 10.1. The van der Waals surface area contributed by atoms with Crippen molar-refractivity contribution in [1.29, 1.82) is 0 Å². The van der Waals surface area contributed by atoms with Crippen molar-refractivity contribution in [2.24, 2.45) is 0 Å². The molecule has 0 aromatic heterocycles. The summed E-state index contributed by atoms with van der Waals surface area (Å²) >= 11 is 0. The third-order valence-corrected chi connectivity index (χ3v) is 4.34. The van der Waals surface area contributed by atoms with Gasteiger partial charge in [0.1, 0.15) is 12.2 Å². The summed E-state index contributed by atoms with van der Waals surface area (Å²) in [6, 6.07) is 0. The maximum absolute atomic E-state index is 10.4. The zero-order valence-corrected chi connectivity index (χ0v) is 20.7. The number of esters is 1. The van der Waals surface area contributed by atoms with Gasteiger partial charge in [-0.3, -0.25) is 9.59 Å². The summed E-state index contributed by atoms with van der Waals surface area (Å²) in [4.78, 5) is 30.9. The molecule has 0 aliphatic carbocycles. The van der Waals surface area contributed by atoms with Crippen LogP contribution in [0.25, 0.3) is 0 Å². The molecular weight excluding hydrogens is 395 g/mol. The number of rotatable bonds is 18. The van der Waals surface area contributed by atoms with E-state index in [2.05, 4.69) is 23.8 Å². The van der Waals surface area contributed by atoms with Gasteiger partial charge in [0, 0.05) is 5.97 Å². The largest absolute Gasteiger partial charge is 1.00 e. The van der Waals surface area contributed by atoms with Crippen LogP contribution in [-0.2, 0) is 19.1 Å². The minimum atomic E-state index is -0.914. The Hall–Kier alpha value is -1.12. The van der Waals surface area contributed by atoms with E-state index in [4.69, 9.17) is 0 Å². The molecule has 0 aliphatic heterocycles. The second kappa shape index (κ2) is 27.9. The number of carbonyl (C=O) groups is 3. The number of ether oxygens (including phenoxy) is 1. The van der Waals surface area contributed by atoms with Crippen molar-refractivity contribution >= 4 is 35.1 Å². The van der Waals surface area contributed by atoms with Crippen LogP contribution in [0.4, 0.5) is 0 Å². The van der Waals surface area contributed by atoms with Gasteiger partial charge in [-0.25, -0.2) is 0 Å². The van der Waals surface area contributed by atoms with E-state index in [9.17, 15) is 19.5 Å². The van der Waals surface area contributed by atoms with E-state index in [-0.39, 0.29) is 36.0 Å². The number of ketones is 1. The number of carbonyl (C=O) groups excluding carboxylic acids is 3. The first kappa shape index (κ1) is 33.5. The molecule has 5 nitrogen and oxygen atoms in total. The molecule has 0 saturated heterocycles. The molecule has 0 heterocycles. The molecule has 0 N–H and O–H groups in total. The number of aliphatic carboxylic acids is 1. The number of carboxylic acid groups (broad SMARTS) is 1. The zero-order valence-electron chi connectivity index (χ0n) is 19.6. The van der Waals surface area contributed by atoms with E-state index in [1.54, 1.807) is 6.92 Å². The van der Waals surface area contributed by atoms with Crippen LogP contribution in [0.15, 0.2) is 12.2 Å². The number of hydrogen-bond acceptors (Lipinski definition) is 5. The summed E-state index contributed by atoms with van der Waals surface area (Å²) in [6.45, 7) is 5.66. The third kappa shape index (κ3) is 34.4. The van der Waals surface area contributed by atoms with Gasteiger partial charge in [0.2, 0.25) is 0 Å². The molecule has 0 aromatic rings. The quantitative estimate of drug-likeness (QED) is 0.0997. The molecule has 0 rings (SSSR count). The van der Waals surface area contributed by atoms with Crippen LogP contribution in [0.3, 0.4) is 0 Å². The van der Waals surface area contributed by atoms with Gasteiger partial charge in [0.25, 0.3) is 0 Å². The van der Waals surface area contributed by atoms with Crippen LogP contribution >= 0.6 is 0 Å². The van der Waals surface area contributed by atoms with Crippen molar-refractivity contribution in [3.8, 4) is 0 Å². The maximum atomic E-state index is 10.4. The van der Waals surface area contributed by atoms with E-state index in [0.717, 1.165) is 19.3 Å². The fraction of sp³-hybridized carbons (Fsp3) is 0.792. The Kier molecular flexibility index (Phi) is 31.2. The van der Waals surface area contributed by atoms with Crippen LogP contribution in [0.5, 0.6) is 0 Å². The van der Waals surface area contributed by atoms with Crippen molar-refractivity contribution < 1.29 is 24.2 Å². The molecule has 0 spiro atoms. The van der Waals surface area contributed by atoms with Crippen LogP contribution in [0, 0.1) is 0 Å². The molecular formula is C24H43AlO5. The minimum absolute atomic E-state index is 0. The summed E-state index contributed by atoms with van der Waals surface area (Å²) in [5.41, 5.74) is 0. The molecule has 0 saturated carbocycles. The Bertz CT molecular complexity index is 435. The molecule has 0 fully saturated rings. The van der Waals surface area contributed by atoms with Crippen LogP contribution < -0.4 is 5.11 Å². The Balaban J connectivity index is -0.000000616. The molecule has 2 radical (unpaired) electrons. The van der Waals surface area contributed by atoms with Crippen molar-refractivity contribution in [1.82, 2.24) is 0 Å². The summed E-state index contributed by atoms with van der Waals surface area (Å²) in [7, 11) is 0. The van der Waals surface area contributed by atoms with Gasteiger partial charge in [0.15, 0.2) is 0 Å². The number of hydrogen-bond donors (Lipinski definition) is 0. The van der Waals surface area contributed by atoms with Crippen LogP contribution in [0.1, 0.15) is 117 Å². The predicted molar refractivity (Wildman–Crippen MR) is 122 cm³/mol. The molecule has 30 heavy (non-hydrogen) atoms. The van der Waals surface area contributed by atoms with Crippen LogP contribution in [0.2, 0.25) is 0 Å². The predicted octanol–water partition coefficient (Wildman–Crippen LogP) is 4.92. The van der Waals surface area contributed by atoms with E-state index >= 15 is 0 Å². The SMILES string of the molecule is CCCCCCCCC=CCCCCCCCC(=O)[O-].CCOC(=O)CC(C)=O.[Al+]. The second-order valence-corrected chi connectivity index (χ2v) is 7.39. The molecule has 172 valence electrons. The number of carboxylic acids is 1. The molecule has 0 aliphatic rings. The van der Waals surface area contributed by atoms with E-state index < -0.39 is 11.9 Å². The maximum Gasteiger partial charge on any atom is 1.00 e. The Morgan fingerprint density at radius 3 is 1.67 bits per heavy atom. The summed E-state index contributed by atoms with van der Waals surface area (Å²) in [6.07, 6.45) is 20.8. The minimum Gasteiger partial charge on any atom is -0.550 e. The van der Waals surface area contributed by atoms with Crippen LogP contribution in [-0.4, -0.2) is 41.7 Å². The van der Waals surface area contributed by atoms with Gasteiger partial charge in [-0.2, -0.15) is 0 Å². The fourth-order valence-electron chi connectivity index (χ4n) is 2.76. The molecule has 6 heteroatoms. The summed E-state index contributed by atoms with van der Waals surface area (Å²) in [5, 5.41) is 10.2. The van der Waals surface area contributed by atoms with Crippen molar-refractivity contribution in [2.45, 2.75) is 117 Å². The molecule has 0 unspecified atom stereocenters. The Labute approximate surface area is 195 Å². The van der Waals surface area contributed by atoms with E-state index in [0.29, 0.717) is 6.61 Å². The standard InChI is InChI=1S/C18H34O2.C6H10O3.Al/c1-2-3-4-5-6-7-8-9-10-11-12-13-14-15-16-17-18(19)20;1-3-9-6(8)4-5(2)7;/h9-10H,2-8,11-17H2,1H3,(H,19,20);3-4H2,1-2H3;/q;;+1/p-1. The fourth-order valence-corrected chi connectivity index (χ4v) is 2.76. The average molecular weight is 439 g/mol. The summed E-state index contributed by atoms with van der Waals surface area (Å²) < 4.78 is 4.49. The number of allylic oxidation sites excluding steroid dienone is 2. The molecule has 0 atom stereocenters. The first-order valence-corrected chi connectivity index (χ1v) is 11.4. The van der Waals surface area contributed by atoms with Gasteiger partial charge in [0.05, 0.1) is 6.61 Å². The average Bonchev–Trinajstić information content (AvgIpc) is 2.65. The zero-order chi connectivity index (χ0) is 22.2. The molecule has 0 bridgehead atoms. The van der Waals surface area contributed by atoms with E-state index in [1.807, 2.05) is 0 Å². The Morgan fingerprint density at radius 2 is 1.23 bits per heavy atom. The van der Waals surface area contributed by atoms with Crippen molar-refractivity contribution in [3.63, 3.8) is 0 Å². The van der Waals surface area contributed by atoms with Crippen molar-refractivity contribution in [3.05, 3.63) is 12.2 Å². The van der Waals surface area contributed by atoms with Gasteiger partial charge in [-0.15, -0.1) is 0 Å². The van der Waals surface area contributed by atoms with E-state index in [1.165, 1.54) is 71.1 Å². The molecule has 0 amide bonds. The second-order valence-electron chi connectivity index (χ2n) is 7.39. The first-order chi connectivity index (χ1) is 13.9. The topological polar surface area (TPSA) is 83.5 Å². The van der Waals surface area contributed by atoms with Gasteiger partial charge < -0.3 is 14.6 Å². The smallest absolute Gasteiger partial charge is 0.550 e. The number of Topliss-reactive ketones (excluding diaryl/α,β-unsaturated/α-hetero) is 1. The van der Waals surface area contributed by atoms with Gasteiger partial charge in [-0.05, 0) is 52.4 Å². The van der Waals surface area contributed by atoms with Crippen molar-refractivity contribution in [2.75, 3.05) is 6.61 Å². The molecule has 0 aromatic carbocycles. The Morgan fingerprint density at radius 1 is 0.767 bits per heavy atom. The number of unbranched alkanes of at least 4 members (excludes halogenated alkanes) is 11. The first-order valence-electron chi connectivity index (χ1n) is 11.4.